The molecule has 0 aliphatic carbocycles. The lowest BCUT2D eigenvalue weighted by molar-refractivity contribution is 0.740. The van der Waals surface area contributed by atoms with Crippen LogP contribution in [-0.4, -0.2) is 14.8 Å². The van der Waals surface area contributed by atoms with Crippen LogP contribution in [0.4, 0.5) is 11.4 Å². The zero-order chi connectivity index (χ0) is 14.2. The van der Waals surface area contributed by atoms with E-state index in [1.807, 2.05) is 16.8 Å². The van der Waals surface area contributed by atoms with Gasteiger partial charge >= 0.3 is 0 Å². The summed E-state index contributed by atoms with van der Waals surface area (Å²) in [4.78, 5) is 6.88. The number of rotatable bonds is 2. The quantitative estimate of drug-likeness (QED) is 0.665. The van der Waals surface area contributed by atoms with E-state index in [9.17, 15) is 0 Å². The zero-order valence-electron chi connectivity index (χ0n) is 11.3. The molecule has 4 nitrogen and oxygen atoms in total. The third-order valence-corrected chi connectivity index (χ3v) is 4.11. The van der Waals surface area contributed by atoms with E-state index >= 15 is 0 Å². The van der Waals surface area contributed by atoms with Crippen LogP contribution in [0.5, 0.6) is 0 Å². The van der Waals surface area contributed by atoms with Crippen LogP contribution in [0, 0.1) is 0 Å². The first kappa shape index (κ1) is 12.6. The molecule has 2 aromatic carbocycles. The second-order valence-electron chi connectivity index (χ2n) is 4.90. The van der Waals surface area contributed by atoms with Crippen molar-refractivity contribution in [2.45, 2.75) is 11.9 Å². The first-order valence-corrected chi connectivity index (χ1v) is 7.92. The number of benzene rings is 2. The minimum absolute atomic E-state index is 0.667. The average Bonchev–Trinajstić information content (AvgIpc) is 2.98. The van der Waals surface area contributed by atoms with Crippen molar-refractivity contribution in [1.82, 2.24) is 14.8 Å². The number of hydrogen-bond donors (Lipinski definition) is 0. The van der Waals surface area contributed by atoms with Crippen LogP contribution in [0.2, 0.25) is 0 Å². The van der Waals surface area contributed by atoms with Gasteiger partial charge in [0.15, 0.2) is 11.6 Å². The van der Waals surface area contributed by atoms with Crippen molar-refractivity contribution in [3.8, 4) is 5.69 Å². The van der Waals surface area contributed by atoms with Gasteiger partial charge in [0, 0.05) is 5.69 Å². The molecule has 0 amide bonds. The molecule has 3 aromatic rings. The summed E-state index contributed by atoms with van der Waals surface area (Å²) in [5, 5.41) is 5.24. The number of hydrogen-bond acceptors (Lipinski definition) is 3. The number of fused-ring (bicyclic) bond motifs is 3. The Bertz CT molecular complexity index is 782. The third kappa shape index (κ3) is 2.05. The van der Waals surface area contributed by atoms with Crippen LogP contribution < -0.4 is 4.90 Å². The van der Waals surface area contributed by atoms with Gasteiger partial charge in [-0.25, -0.2) is 9.67 Å². The largest absolute Gasteiger partial charge is 0.332 e. The Morgan fingerprint density at radius 2 is 1.67 bits per heavy atom. The van der Waals surface area contributed by atoms with Crippen molar-refractivity contribution >= 4 is 27.3 Å². The molecule has 0 spiro atoms. The predicted octanol–water partition coefficient (Wildman–Crippen LogP) is 3.81. The maximum absolute atomic E-state index is 4.61. The van der Waals surface area contributed by atoms with Gasteiger partial charge in [-0.2, -0.15) is 0 Å². The molecule has 1 aliphatic rings. The predicted molar refractivity (Wildman–Crippen MR) is 86.3 cm³/mol. The zero-order valence-corrected chi connectivity index (χ0v) is 12.9. The molecule has 104 valence electrons. The fraction of sp³-hybridized carbons (Fsp3) is 0.125. The van der Waals surface area contributed by atoms with E-state index in [-0.39, 0.29) is 0 Å². The van der Waals surface area contributed by atoms with Crippen molar-refractivity contribution < 1.29 is 0 Å². The van der Waals surface area contributed by atoms with Crippen LogP contribution in [-0.2, 0) is 11.9 Å². The van der Waals surface area contributed by atoms with Crippen LogP contribution in [0.3, 0.4) is 0 Å². The minimum atomic E-state index is 0.667. The maximum Gasteiger partial charge on any atom is 0.161 e. The Hall–Kier alpha value is -2.14. The lowest BCUT2D eigenvalue weighted by Crippen LogP contribution is -2.25. The fourth-order valence-electron chi connectivity index (χ4n) is 2.68. The van der Waals surface area contributed by atoms with E-state index in [1.165, 1.54) is 5.69 Å². The van der Waals surface area contributed by atoms with E-state index in [1.54, 1.807) is 0 Å². The van der Waals surface area contributed by atoms with Gasteiger partial charge in [0.05, 0.1) is 23.2 Å². The monoisotopic (exact) mass is 340 g/mol. The van der Waals surface area contributed by atoms with Gasteiger partial charge < -0.3 is 4.90 Å². The summed E-state index contributed by atoms with van der Waals surface area (Å²) in [5.41, 5.74) is 3.39. The smallest absolute Gasteiger partial charge is 0.161 e. The summed E-state index contributed by atoms with van der Waals surface area (Å²) in [6.45, 7) is 0.723. The molecule has 0 saturated heterocycles. The Morgan fingerprint density at radius 3 is 2.43 bits per heavy atom. The van der Waals surface area contributed by atoms with E-state index in [0.29, 0.717) is 5.33 Å². The van der Waals surface area contributed by atoms with E-state index in [4.69, 9.17) is 0 Å². The summed E-state index contributed by atoms with van der Waals surface area (Å²) in [6, 6.07) is 18.7. The van der Waals surface area contributed by atoms with Crippen molar-refractivity contribution in [3.63, 3.8) is 0 Å². The van der Waals surface area contributed by atoms with E-state index in [0.717, 1.165) is 29.6 Å². The van der Waals surface area contributed by atoms with Gasteiger partial charge in [-0.3, -0.25) is 0 Å². The standard InChI is InChI=1S/C16H13BrN4/c17-10-15-18-16-11-20(12-6-2-1-3-7-12)13-8-4-5-9-14(13)21(16)19-15/h1-9H,10-11H2. The molecule has 1 aromatic heterocycles. The highest BCUT2D eigenvalue weighted by Crippen LogP contribution is 2.36. The molecule has 0 saturated carbocycles. The average molecular weight is 341 g/mol. The topological polar surface area (TPSA) is 34.0 Å². The highest BCUT2D eigenvalue weighted by molar-refractivity contribution is 9.08. The van der Waals surface area contributed by atoms with Gasteiger partial charge in [-0.05, 0) is 24.3 Å². The van der Waals surface area contributed by atoms with Crippen molar-refractivity contribution in [2.75, 3.05) is 4.90 Å². The van der Waals surface area contributed by atoms with Crippen LogP contribution >= 0.6 is 15.9 Å². The number of nitrogens with zero attached hydrogens (tertiary/aromatic N) is 4. The van der Waals surface area contributed by atoms with Crippen LogP contribution in [0.15, 0.2) is 54.6 Å². The molecule has 0 unspecified atom stereocenters. The molecule has 0 N–H and O–H groups in total. The number of para-hydroxylation sites is 3. The lowest BCUT2D eigenvalue weighted by atomic mass is 10.1. The van der Waals surface area contributed by atoms with Gasteiger partial charge in [0.25, 0.3) is 0 Å². The van der Waals surface area contributed by atoms with Gasteiger partial charge in [-0.1, -0.05) is 46.3 Å². The van der Waals surface area contributed by atoms with Crippen molar-refractivity contribution in [3.05, 3.63) is 66.2 Å². The molecule has 0 atom stereocenters. The lowest BCUT2D eigenvalue weighted by Gasteiger charge is -2.30. The van der Waals surface area contributed by atoms with Gasteiger partial charge in [-0.15, -0.1) is 5.10 Å². The second-order valence-corrected chi connectivity index (χ2v) is 5.46. The van der Waals surface area contributed by atoms with Gasteiger partial charge in [0.2, 0.25) is 0 Å². The Labute approximate surface area is 131 Å². The number of alkyl halides is 1. The summed E-state index contributed by atoms with van der Waals surface area (Å²) < 4.78 is 1.95. The van der Waals surface area contributed by atoms with Crippen LogP contribution in [0.1, 0.15) is 11.6 Å². The summed E-state index contributed by atoms with van der Waals surface area (Å²) in [5.74, 6) is 1.78. The normalized spacial score (nSPS) is 12.9. The first-order chi connectivity index (χ1) is 10.4. The van der Waals surface area contributed by atoms with Gasteiger partial charge in [0.1, 0.15) is 0 Å². The second kappa shape index (κ2) is 5.00. The highest BCUT2D eigenvalue weighted by atomic mass is 79.9. The highest BCUT2D eigenvalue weighted by Gasteiger charge is 2.25. The Kier molecular flexibility index (Phi) is 3.00. The van der Waals surface area contributed by atoms with E-state index < -0.39 is 0 Å². The first-order valence-electron chi connectivity index (χ1n) is 6.79. The number of halogens is 1. The summed E-state index contributed by atoms with van der Waals surface area (Å²) >= 11 is 3.43. The molecule has 0 bridgehead atoms. The Morgan fingerprint density at radius 1 is 0.952 bits per heavy atom. The molecule has 5 heteroatoms. The fourth-order valence-corrected chi connectivity index (χ4v) is 2.92. The maximum atomic E-state index is 4.61. The molecular formula is C16H13BrN4. The molecule has 21 heavy (non-hydrogen) atoms. The molecule has 0 fully saturated rings. The SMILES string of the molecule is BrCc1nc2n(n1)-c1ccccc1N(c1ccccc1)C2. The Balaban J connectivity index is 1.90. The van der Waals surface area contributed by atoms with Crippen molar-refractivity contribution in [1.29, 1.82) is 0 Å². The minimum Gasteiger partial charge on any atom is -0.332 e. The molecular weight excluding hydrogens is 328 g/mol. The molecule has 2 heterocycles. The van der Waals surface area contributed by atoms with E-state index in [2.05, 4.69) is 73.4 Å². The van der Waals surface area contributed by atoms with Crippen molar-refractivity contribution in [2.24, 2.45) is 0 Å². The third-order valence-electron chi connectivity index (χ3n) is 3.61. The number of aromatic nitrogens is 3. The number of anilines is 2. The molecule has 1 aliphatic heterocycles. The van der Waals surface area contributed by atoms with Crippen LogP contribution in [0.25, 0.3) is 5.69 Å². The summed E-state index contributed by atoms with van der Waals surface area (Å²) in [6.07, 6.45) is 0. The summed E-state index contributed by atoms with van der Waals surface area (Å²) in [7, 11) is 0. The molecule has 4 rings (SSSR count). The molecule has 0 radical (unpaired) electrons.